The minimum absolute atomic E-state index is 0.209. The fraction of sp³-hybridized carbons (Fsp3) is 0.333. The Morgan fingerprint density at radius 1 is 0.651 bits per heavy atom. The summed E-state index contributed by atoms with van der Waals surface area (Å²) >= 11 is 0. The van der Waals surface area contributed by atoms with Crippen molar-refractivity contribution in [3.8, 4) is 0 Å². The van der Waals surface area contributed by atoms with Gasteiger partial charge < -0.3 is 29.0 Å². The molecule has 0 radical (unpaired) electrons. The molecular formula is C33H35NO9. The van der Waals surface area contributed by atoms with Crippen molar-refractivity contribution in [3.05, 3.63) is 108 Å². The van der Waals surface area contributed by atoms with E-state index in [2.05, 4.69) is 5.32 Å². The highest BCUT2D eigenvalue weighted by atomic mass is 16.7. The maximum Gasteiger partial charge on any atom is 0.305 e. The van der Waals surface area contributed by atoms with Crippen molar-refractivity contribution in [1.82, 2.24) is 5.32 Å². The Morgan fingerprint density at radius 3 is 1.47 bits per heavy atom. The average molecular weight is 590 g/mol. The molecule has 1 heterocycles. The largest absolute Gasteiger partial charge is 0.456 e. The molecule has 0 aromatic heterocycles. The molecule has 4 rings (SSSR count). The number of amides is 1. The van der Waals surface area contributed by atoms with Crippen LogP contribution in [0.2, 0.25) is 0 Å². The maximum atomic E-state index is 12.3. The lowest BCUT2D eigenvalue weighted by Crippen LogP contribution is -2.67. The SMILES string of the molecule is CC(=O)N[C@@H]1C(OC(C)=O)O[C@H](COC(c2ccccc2)(c2ccccc2)c2ccccc2)[C@@H](OC(C)=O)[C@@H]1OC(C)=O. The van der Waals surface area contributed by atoms with Gasteiger partial charge >= 0.3 is 17.9 Å². The highest BCUT2D eigenvalue weighted by Crippen LogP contribution is 2.41. The van der Waals surface area contributed by atoms with Crippen LogP contribution in [0.25, 0.3) is 0 Å². The number of benzene rings is 3. The lowest BCUT2D eigenvalue weighted by molar-refractivity contribution is -0.275. The van der Waals surface area contributed by atoms with E-state index in [0.29, 0.717) is 0 Å². The zero-order valence-electron chi connectivity index (χ0n) is 24.4. The van der Waals surface area contributed by atoms with E-state index < -0.39 is 60.1 Å². The molecule has 1 unspecified atom stereocenters. The Kier molecular flexibility index (Phi) is 10.3. The van der Waals surface area contributed by atoms with Crippen LogP contribution < -0.4 is 5.32 Å². The summed E-state index contributed by atoms with van der Waals surface area (Å²) in [4.78, 5) is 48.7. The van der Waals surface area contributed by atoms with Crippen LogP contribution in [0.15, 0.2) is 91.0 Å². The molecule has 1 aliphatic heterocycles. The number of hydrogen-bond acceptors (Lipinski definition) is 9. The average Bonchev–Trinajstić information content (AvgIpc) is 2.97. The fourth-order valence-corrected chi connectivity index (χ4v) is 5.33. The third-order valence-corrected chi connectivity index (χ3v) is 6.91. The predicted molar refractivity (Wildman–Crippen MR) is 154 cm³/mol. The molecule has 1 N–H and O–H groups in total. The number of esters is 3. The van der Waals surface area contributed by atoms with Crippen LogP contribution in [0.4, 0.5) is 0 Å². The van der Waals surface area contributed by atoms with Gasteiger partial charge in [0.05, 0.1) is 6.61 Å². The first-order chi connectivity index (χ1) is 20.6. The predicted octanol–water partition coefficient (Wildman–Crippen LogP) is 3.65. The summed E-state index contributed by atoms with van der Waals surface area (Å²) in [5, 5.41) is 2.62. The molecule has 3 aromatic carbocycles. The molecule has 1 fully saturated rings. The highest BCUT2D eigenvalue weighted by molar-refractivity contribution is 5.74. The maximum absolute atomic E-state index is 12.3. The van der Waals surface area contributed by atoms with Gasteiger partial charge in [-0.1, -0.05) is 91.0 Å². The third kappa shape index (κ3) is 7.46. The van der Waals surface area contributed by atoms with Crippen molar-refractivity contribution in [2.75, 3.05) is 6.61 Å². The number of rotatable bonds is 10. The molecule has 10 heteroatoms. The summed E-state index contributed by atoms with van der Waals surface area (Å²) in [7, 11) is 0. The molecule has 0 saturated carbocycles. The summed E-state index contributed by atoms with van der Waals surface area (Å²) in [6.45, 7) is 4.61. The number of carbonyl (C=O) groups is 4. The van der Waals surface area contributed by atoms with Crippen LogP contribution in [0.5, 0.6) is 0 Å². The van der Waals surface area contributed by atoms with Crippen molar-refractivity contribution in [2.24, 2.45) is 0 Å². The van der Waals surface area contributed by atoms with Crippen molar-refractivity contribution in [3.63, 3.8) is 0 Å². The summed E-state index contributed by atoms with van der Waals surface area (Å²) in [6, 6.07) is 27.7. The van der Waals surface area contributed by atoms with Gasteiger partial charge in [-0.05, 0) is 16.7 Å². The lowest BCUT2D eigenvalue weighted by atomic mass is 9.80. The van der Waals surface area contributed by atoms with Crippen molar-refractivity contribution in [2.45, 2.75) is 63.9 Å². The molecule has 0 aliphatic carbocycles. The number of ether oxygens (including phenoxy) is 5. The minimum atomic E-state index is -1.38. The molecule has 10 nitrogen and oxygen atoms in total. The van der Waals surface area contributed by atoms with Crippen LogP contribution in [0.1, 0.15) is 44.4 Å². The van der Waals surface area contributed by atoms with Gasteiger partial charge in [-0.3, -0.25) is 19.2 Å². The Balaban J connectivity index is 1.83. The Labute approximate surface area is 250 Å². The molecule has 5 atom stereocenters. The molecule has 0 spiro atoms. The summed E-state index contributed by atoms with van der Waals surface area (Å²) in [6.07, 6.45) is -4.98. The molecule has 0 bridgehead atoms. The van der Waals surface area contributed by atoms with Gasteiger partial charge in [0.15, 0.2) is 12.2 Å². The van der Waals surface area contributed by atoms with Crippen molar-refractivity contribution < 1.29 is 42.9 Å². The second-order valence-corrected chi connectivity index (χ2v) is 10.1. The molecule has 226 valence electrons. The van der Waals surface area contributed by atoms with Gasteiger partial charge in [0.2, 0.25) is 12.2 Å². The number of hydrogen-bond donors (Lipinski definition) is 1. The topological polar surface area (TPSA) is 126 Å². The van der Waals surface area contributed by atoms with E-state index in [-0.39, 0.29) is 6.61 Å². The first-order valence-electron chi connectivity index (χ1n) is 13.9. The molecule has 43 heavy (non-hydrogen) atoms. The van der Waals surface area contributed by atoms with E-state index in [4.69, 9.17) is 23.7 Å². The van der Waals surface area contributed by atoms with Crippen LogP contribution in [0.3, 0.4) is 0 Å². The summed E-state index contributed by atoms with van der Waals surface area (Å²) < 4.78 is 29.7. The second kappa shape index (κ2) is 14.1. The number of carbonyl (C=O) groups excluding carboxylic acids is 4. The Morgan fingerprint density at radius 2 is 1.07 bits per heavy atom. The monoisotopic (exact) mass is 589 g/mol. The molecule has 1 amide bonds. The third-order valence-electron chi connectivity index (χ3n) is 6.91. The molecule has 3 aromatic rings. The van der Waals surface area contributed by atoms with E-state index >= 15 is 0 Å². The quantitative estimate of drug-likeness (QED) is 0.214. The van der Waals surface area contributed by atoms with Crippen molar-refractivity contribution >= 4 is 23.8 Å². The molecular weight excluding hydrogens is 554 g/mol. The lowest BCUT2D eigenvalue weighted by Gasteiger charge is -2.45. The zero-order valence-corrected chi connectivity index (χ0v) is 24.4. The molecule has 1 saturated heterocycles. The van der Waals surface area contributed by atoms with Gasteiger partial charge in [0.1, 0.15) is 17.7 Å². The van der Waals surface area contributed by atoms with Gasteiger partial charge in [-0.25, -0.2) is 0 Å². The molecule has 1 aliphatic rings. The van der Waals surface area contributed by atoms with Crippen LogP contribution in [-0.2, 0) is 48.5 Å². The summed E-state index contributed by atoms with van der Waals surface area (Å²) in [5.41, 5.74) is 1.29. The first kappa shape index (κ1) is 31.4. The second-order valence-electron chi connectivity index (χ2n) is 10.1. The summed E-state index contributed by atoms with van der Waals surface area (Å²) in [5.74, 6) is -2.58. The van der Waals surface area contributed by atoms with Crippen LogP contribution in [0, 0.1) is 0 Å². The standard InChI is InChI=1S/C33H35NO9/c1-21(35)34-29-31(41-23(3)37)30(40-22(2)36)28(43-32(29)42-24(4)38)20-39-33(25-14-8-5-9-15-25,26-16-10-6-11-17-26)27-18-12-7-13-19-27/h5-19,28-32H,20H2,1-4H3,(H,34,35)/t28-,29+,30-,31-,32?/m1/s1. The van der Waals surface area contributed by atoms with E-state index in [1.54, 1.807) is 0 Å². The van der Waals surface area contributed by atoms with Gasteiger partial charge in [0, 0.05) is 27.7 Å². The first-order valence-corrected chi connectivity index (χ1v) is 13.9. The van der Waals surface area contributed by atoms with E-state index in [1.165, 1.54) is 27.7 Å². The van der Waals surface area contributed by atoms with Gasteiger partial charge in [0.25, 0.3) is 0 Å². The van der Waals surface area contributed by atoms with Crippen LogP contribution >= 0.6 is 0 Å². The zero-order chi connectivity index (χ0) is 31.0. The Bertz CT molecular complexity index is 1300. The smallest absolute Gasteiger partial charge is 0.305 e. The van der Waals surface area contributed by atoms with Crippen molar-refractivity contribution in [1.29, 1.82) is 0 Å². The highest BCUT2D eigenvalue weighted by Gasteiger charge is 2.52. The van der Waals surface area contributed by atoms with E-state index in [0.717, 1.165) is 16.7 Å². The van der Waals surface area contributed by atoms with E-state index in [9.17, 15) is 19.2 Å². The normalized spacial score (nSPS) is 21.7. The number of nitrogens with one attached hydrogen (secondary N) is 1. The minimum Gasteiger partial charge on any atom is -0.456 e. The van der Waals surface area contributed by atoms with Gasteiger partial charge in [-0.2, -0.15) is 0 Å². The van der Waals surface area contributed by atoms with E-state index in [1.807, 2.05) is 91.0 Å². The van der Waals surface area contributed by atoms with Gasteiger partial charge in [-0.15, -0.1) is 0 Å². The fourth-order valence-electron chi connectivity index (χ4n) is 5.33. The Hall–Kier alpha value is -4.54. The van der Waals surface area contributed by atoms with Crippen LogP contribution in [-0.4, -0.2) is 61.1 Å².